The number of anilines is 2. The van der Waals surface area contributed by atoms with Gasteiger partial charge in [0, 0.05) is 26.2 Å². The van der Waals surface area contributed by atoms with Gasteiger partial charge >= 0.3 is 0 Å². The van der Waals surface area contributed by atoms with Gasteiger partial charge in [0.15, 0.2) is 5.82 Å². The summed E-state index contributed by atoms with van der Waals surface area (Å²) in [5.41, 5.74) is 9.78. The fourth-order valence-electron chi connectivity index (χ4n) is 2.37. The fourth-order valence-corrected chi connectivity index (χ4v) is 2.37. The summed E-state index contributed by atoms with van der Waals surface area (Å²) in [6, 6.07) is 7.23. The third kappa shape index (κ3) is 3.84. The van der Waals surface area contributed by atoms with E-state index in [0.29, 0.717) is 23.1 Å². The molecule has 0 atom stereocenters. The van der Waals surface area contributed by atoms with Crippen LogP contribution in [0, 0.1) is 0 Å². The molecule has 1 aliphatic rings. The minimum absolute atomic E-state index is 0.326. The molecule has 0 bridgehead atoms. The van der Waals surface area contributed by atoms with Crippen LogP contribution in [-0.2, 0) is 0 Å². The number of nitrogens with two attached hydrogens (primary N) is 1. The number of piperazine rings is 1. The van der Waals surface area contributed by atoms with Crippen LogP contribution in [0.25, 0.3) is 0 Å². The van der Waals surface area contributed by atoms with Crippen molar-refractivity contribution in [3.8, 4) is 17.4 Å². The average molecular weight is 330 g/mol. The Morgan fingerprint density at radius 2 is 1.71 bits per heavy atom. The van der Waals surface area contributed by atoms with Crippen LogP contribution in [-0.4, -0.2) is 60.2 Å². The van der Waals surface area contributed by atoms with Gasteiger partial charge in [-0.1, -0.05) is 0 Å². The molecule has 1 aromatic carbocycles. The van der Waals surface area contributed by atoms with Crippen LogP contribution in [0.2, 0.25) is 0 Å². The van der Waals surface area contributed by atoms with E-state index in [0.717, 1.165) is 31.9 Å². The topological polar surface area (TPSA) is 88.8 Å². The highest BCUT2D eigenvalue weighted by Crippen LogP contribution is 2.30. The van der Waals surface area contributed by atoms with Gasteiger partial charge in [0.2, 0.25) is 5.88 Å². The van der Waals surface area contributed by atoms with Gasteiger partial charge in [-0.15, -0.1) is 0 Å². The van der Waals surface area contributed by atoms with Crippen molar-refractivity contribution in [3.05, 3.63) is 30.6 Å². The van der Waals surface area contributed by atoms with Gasteiger partial charge in [-0.2, -0.15) is 4.98 Å². The molecule has 0 spiro atoms. The summed E-state index contributed by atoms with van der Waals surface area (Å²) in [5, 5.41) is 2.09. The van der Waals surface area contributed by atoms with Crippen LogP contribution in [0.1, 0.15) is 0 Å². The number of benzene rings is 1. The van der Waals surface area contributed by atoms with Gasteiger partial charge in [0.1, 0.15) is 23.5 Å². The highest BCUT2D eigenvalue weighted by molar-refractivity contribution is 5.66. The molecule has 1 saturated heterocycles. The van der Waals surface area contributed by atoms with E-state index in [9.17, 15) is 0 Å². The largest absolute Gasteiger partial charge is 0.497 e. The van der Waals surface area contributed by atoms with E-state index in [-0.39, 0.29) is 0 Å². The van der Waals surface area contributed by atoms with E-state index in [1.807, 2.05) is 12.1 Å². The fraction of sp³-hybridized carbons (Fsp3) is 0.375. The maximum absolute atomic E-state index is 6.16. The lowest BCUT2D eigenvalue weighted by molar-refractivity contribution is 0.178. The third-order valence-corrected chi connectivity index (χ3v) is 3.89. The van der Waals surface area contributed by atoms with Gasteiger partial charge in [0.05, 0.1) is 7.11 Å². The quantitative estimate of drug-likeness (QED) is 0.851. The van der Waals surface area contributed by atoms with Crippen molar-refractivity contribution >= 4 is 11.5 Å². The molecule has 2 heterocycles. The number of nitrogens with zero attached hydrogens (tertiary/aromatic N) is 4. The number of nitrogen functional groups attached to an aromatic ring is 1. The first kappa shape index (κ1) is 16.3. The van der Waals surface area contributed by atoms with E-state index in [1.54, 1.807) is 19.2 Å². The van der Waals surface area contributed by atoms with E-state index in [2.05, 4.69) is 32.4 Å². The molecular weight excluding hydrogens is 308 g/mol. The van der Waals surface area contributed by atoms with Gasteiger partial charge in [-0.05, 0) is 31.3 Å². The van der Waals surface area contributed by atoms with Crippen molar-refractivity contribution in [2.45, 2.75) is 0 Å². The number of hydrogen-bond donors (Lipinski definition) is 2. The lowest BCUT2D eigenvalue weighted by Gasteiger charge is -2.32. The Morgan fingerprint density at radius 3 is 2.38 bits per heavy atom. The molecule has 24 heavy (non-hydrogen) atoms. The molecule has 1 fully saturated rings. The maximum atomic E-state index is 6.16. The van der Waals surface area contributed by atoms with Crippen molar-refractivity contribution in [1.29, 1.82) is 0 Å². The highest BCUT2D eigenvalue weighted by atomic mass is 16.5. The summed E-state index contributed by atoms with van der Waals surface area (Å²) in [7, 11) is 3.73. The average Bonchev–Trinajstić information content (AvgIpc) is 2.61. The maximum Gasteiger partial charge on any atom is 0.248 e. The summed E-state index contributed by atoms with van der Waals surface area (Å²) < 4.78 is 10.9. The Bertz CT molecular complexity index is 671. The van der Waals surface area contributed by atoms with Crippen molar-refractivity contribution in [2.75, 3.05) is 51.5 Å². The molecular formula is C16H22N6O2. The molecule has 0 aliphatic carbocycles. The zero-order valence-electron chi connectivity index (χ0n) is 13.9. The molecule has 0 radical (unpaired) electrons. The number of rotatable bonds is 5. The molecule has 128 valence electrons. The van der Waals surface area contributed by atoms with Crippen LogP contribution in [0.15, 0.2) is 30.6 Å². The molecule has 0 amide bonds. The predicted octanol–water partition coefficient (Wildman–Crippen LogP) is 1.43. The van der Waals surface area contributed by atoms with Gasteiger partial charge in [-0.3, -0.25) is 0 Å². The number of ether oxygens (including phenoxy) is 2. The van der Waals surface area contributed by atoms with E-state index in [1.165, 1.54) is 6.33 Å². The summed E-state index contributed by atoms with van der Waals surface area (Å²) in [5.74, 6) is 2.27. The Labute approximate surface area is 141 Å². The third-order valence-electron chi connectivity index (χ3n) is 3.89. The molecule has 2 aromatic rings. The van der Waals surface area contributed by atoms with Gasteiger partial charge in [-0.25, -0.2) is 9.99 Å². The lowest BCUT2D eigenvalue weighted by Crippen LogP contribution is -2.47. The van der Waals surface area contributed by atoms with Gasteiger partial charge in [0.25, 0.3) is 0 Å². The Morgan fingerprint density at radius 1 is 1.04 bits per heavy atom. The van der Waals surface area contributed by atoms with Crippen LogP contribution in [0.5, 0.6) is 17.4 Å². The number of hydrazine groups is 1. The van der Waals surface area contributed by atoms with Crippen molar-refractivity contribution < 1.29 is 9.47 Å². The molecule has 1 aromatic heterocycles. The van der Waals surface area contributed by atoms with Crippen LogP contribution in [0.3, 0.4) is 0 Å². The van der Waals surface area contributed by atoms with Crippen molar-refractivity contribution in [1.82, 2.24) is 19.9 Å². The number of hydrogen-bond acceptors (Lipinski definition) is 8. The van der Waals surface area contributed by atoms with Crippen LogP contribution < -0.4 is 20.6 Å². The van der Waals surface area contributed by atoms with Crippen LogP contribution >= 0.6 is 0 Å². The molecule has 3 rings (SSSR count). The minimum Gasteiger partial charge on any atom is -0.497 e. The zero-order valence-corrected chi connectivity index (χ0v) is 13.9. The summed E-state index contributed by atoms with van der Waals surface area (Å²) >= 11 is 0. The second-order valence-corrected chi connectivity index (χ2v) is 5.62. The van der Waals surface area contributed by atoms with Crippen molar-refractivity contribution in [2.24, 2.45) is 0 Å². The number of nitrogens with one attached hydrogen (secondary N) is 1. The Kier molecular flexibility index (Phi) is 4.97. The van der Waals surface area contributed by atoms with Crippen molar-refractivity contribution in [3.63, 3.8) is 0 Å². The van der Waals surface area contributed by atoms with E-state index < -0.39 is 0 Å². The predicted molar refractivity (Wildman–Crippen MR) is 92.2 cm³/mol. The summed E-state index contributed by atoms with van der Waals surface area (Å²) in [6.45, 7) is 3.78. The molecule has 8 heteroatoms. The van der Waals surface area contributed by atoms with E-state index >= 15 is 0 Å². The molecule has 0 unspecified atom stereocenters. The van der Waals surface area contributed by atoms with Crippen LogP contribution in [0.4, 0.5) is 11.5 Å². The summed E-state index contributed by atoms with van der Waals surface area (Å²) in [6.07, 6.45) is 1.44. The first-order chi connectivity index (χ1) is 11.7. The first-order valence-electron chi connectivity index (χ1n) is 7.78. The molecule has 1 aliphatic heterocycles. The smallest absolute Gasteiger partial charge is 0.248 e. The number of likely N-dealkylation sites (N-methyl/N-ethyl adjacent to an activating group) is 1. The Hall–Kier alpha value is -2.58. The molecule has 3 N–H and O–H groups in total. The first-order valence-corrected chi connectivity index (χ1v) is 7.78. The Balaban J connectivity index is 1.70. The molecule has 8 nitrogen and oxygen atoms in total. The minimum atomic E-state index is 0.326. The number of aromatic nitrogens is 2. The van der Waals surface area contributed by atoms with E-state index in [4.69, 9.17) is 15.2 Å². The summed E-state index contributed by atoms with van der Waals surface area (Å²) in [4.78, 5) is 10.6. The highest BCUT2D eigenvalue weighted by Gasteiger charge is 2.17. The normalized spacial score (nSPS) is 15.9. The van der Waals surface area contributed by atoms with Gasteiger partial charge < -0.3 is 25.5 Å². The SMILES string of the molecule is COc1ccc(Oc2ncnc(NN3CCN(C)CC3)c2N)cc1. The number of methoxy groups -OCH3 is 1. The standard InChI is InChI=1S/C16H22N6O2/c1-21-7-9-22(10-8-21)20-15-14(17)16(19-11-18-15)24-13-5-3-12(23-2)4-6-13/h3-6,11H,7-10,17H2,1-2H3,(H,18,19,20). The lowest BCUT2D eigenvalue weighted by atomic mass is 10.3. The monoisotopic (exact) mass is 330 g/mol. The zero-order chi connectivity index (χ0) is 16.9. The second-order valence-electron chi connectivity index (χ2n) is 5.62. The molecule has 0 saturated carbocycles. The second kappa shape index (κ2) is 7.33.